The zero-order valence-corrected chi connectivity index (χ0v) is 25.8. The highest BCUT2D eigenvalue weighted by molar-refractivity contribution is 7.23. The molecule has 0 amide bonds. The standard InChI is InChI=1S/C32H29F5N8OS/c33-21-5-16(22-17(6-38)28(39)47-27(22)23(21)34)25-24(35)26-18(7-40-25)29(45-8-14-1-2-15(9-45)41-14)43-30(42-26)46-13-31(3-4-31)12-44-10-19-20(11-44)32(19,36)37/h5,7,14-15,19-20,41H,1-4,8-13,39H2/t14?,15?,19-,20+. The van der Waals surface area contributed by atoms with E-state index in [0.717, 1.165) is 31.7 Å². The number of nitrogen functional groups attached to an aromatic ring is 1. The maximum absolute atomic E-state index is 16.7. The summed E-state index contributed by atoms with van der Waals surface area (Å²) in [4.78, 5) is 17.7. The molecule has 2 unspecified atom stereocenters. The average Bonchev–Trinajstić information content (AvgIpc) is 3.64. The van der Waals surface area contributed by atoms with Gasteiger partial charge >= 0.3 is 6.01 Å². The third-order valence-corrected chi connectivity index (χ3v) is 11.7. The molecule has 3 aromatic heterocycles. The van der Waals surface area contributed by atoms with E-state index in [0.29, 0.717) is 55.3 Å². The quantitative estimate of drug-likeness (QED) is 0.261. The van der Waals surface area contributed by atoms with Gasteiger partial charge in [-0.3, -0.25) is 4.98 Å². The van der Waals surface area contributed by atoms with Gasteiger partial charge in [0, 0.05) is 79.2 Å². The number of nitrogens with zero attached hydrogens (tertiary/aromatic N) is 6. The van der Waals surface area contributed by atoms with Gasteiger partial charge in [0.15, 0.2) is 17.5 Å². The fourth-order valence-corrected chi connectivity index (χ4v) is 8.92. The highest BCUT2D eigenvalue weighted by Gasteiger charge is 2.71. The van der Waals surface area contributed by atoms with Crippen LogP contribution in [0.15, 0.2) is 12.3 Å². The van der Waals surface area contributed by atoms with Crippen molar-refractivity contribution in [2.75, 3.05) is 50.0 Å². The van der Waals surface area contributed by atoms with Crippen LogP contribution in [0.2, 0.25) is 0 Å². The lowest BCUT2D eigenvalue weighted by molar-refractivity contribution is 0.0460. The minimum atomic E-state index is -2.54. The Labute approximate surface area is 269 Å². The number of fused-ring (bicyclic) bond motifs is 5. The lowest BCUT2D eigenvalue weighted by Gasteiger charge is -2.34. The number of halogens is 5. The van der Waals surface area contributed by atoms with Gasteiger partial charge in [-0.25, -0.2) is 22.0 Å². The average molecular weight is 669 g/mol. The predicted octanol–water partition coefficient (Wildman–Crippen LogP) is 5.07. The Hall–Kier alpha value is -3.87. The summed E-state index contributed by atoms with van der Waals surface area (Å²) in [6, 6.07) is 3.21. The van der Waals surface area contributed by atoms with Crippen molar-refractivity contribution in [2.45, 2.75) is 43.7 Å². The minimum Gasteiger partial charge on any atom is -0.463 e. The largest absolute Gasteiger partial charge is 0.463 e. The van der Waals surface area contributed by atoms with E-state index in [1.807, 2.05) is 6.07 Å². The van der Waals surface area contributed by atoms with Crippen molar-refractivity contribution in [3.63, 3.8) is 0 Å². The molecule has 0 radical (unpaired) electrons. The molecule has 4 aromatic rings. The zero-order chi connectivity index (χ0) is 32.4. The summed E-state index contributed by atoms with van der Waals surface area (Å²) < 4.78 is 79.8. The van der Waals surface area contributed by atoms with Crippen LogP contribution in [0.25, 0.3) is 32.2 Å². The molecule has 1 aromatic carbocycles. The van der Waals surface area contributed by atoms with E-state index in [2.05, 4.69) is 25.1 Å². The maximum atomic E-state index is 16.7. The SMILES string of the molecule is N#Cc1c(N)sc2c(F)c(F)cc(-c3ncc4c(N5CC6CCC(C5)N6)nc(OCC5(CN6C[C@@H]7[C@H](C6)C7(F)F)CC5)nc4c3F)c12. The van der Waals surface area contributed by atoms with Crippen LogP contribution in [0.3, 0.4) is 0 Å². The number of aromatic nitrogens is 3. The van der Waals surface area contributed by atoms with Crippen molar-refractivity contribution in [2.24, 2.45) is 17.3 Å². The highest BCUT2D eigenvalue weighted by atomic mass is 32.1. The first-order chi connectivity index (χ1) is 22.5. The highest BCUT2D eigenvalue weighted by Crippen LogP contribution is 2.60. The molecule has 3 aliphatic heterocycles. The van der Waals surface area contributed by atoms with Gasteiger partial charge < -0.3 is 25.6 Å². The van der Waals surface area contributed by atoms with Gasteiger partial charge in [0.05, 0.1) is 22.3 Å². The number of thiophene rings is 1. The van der Waals surface area contributed by atoms with Crippen LogP contribution in [0, 0.1) is 46.0 Å². The molecular formula is C32H29F5N8OS. The number of piperazine rings is 1. The molecule has 47 heavy (non-hydrogen) atoms. The van der Waals surface area contributed by atoms with E-state index in [-0.39, 0.29) is 67.5 Å². The number of piperidine rings is 1. The number of alkyl halides is 2. The Morgan fingerprint density at radius 2 is 1.79 bits per heavy atom. The smallest absolute Gasteiger partial charge is 0.319 e. The number of benzene rings is 1. The first-order valence-corrected chi connectivity index (χ1v) is 16.6. The van der Waals surface area contributed by atoms with Gasteiger partial charge in [0.25, 0.3) is 5.92 Å². The summed E-state index contributed by atoms with van der Waals surface area (Å²) in [5.74, 6) is -6.50. The monoisotopic (exact) mass is 668 g/mol. The van der Waals surface area contributed by atoms with Crippen LogP contribution < -0.4 is 20.7 Å². The fourth-order valence-electron chi connectivity index (χ4n) is 7.95. The van der Waals surface area contributed by atoms with Crippen molar-refractivity contribution in [3.8, 4) is 23.3 Å². The molecule has 9 nitrogen and oxygen atoms in total. The molecule has 2 aliphatic carbocycles. The van der Waals surface area contributed by atoms with Crippen molar-refractivity contribution >= 4 is 43.1 Å². The lowest BCUT2D eigenvalue weighted by atomic mass is 10.0. The molecule has 5 aliphatic rings. The second-order valence-electron chi connectivity index (χ2n) is 13.8. The molecular weight excluding hydrogens is 639 g/mol. The van der Waals surface area contributed by atoms with E-state index < -0.39 is 35.2 Å². The third kappa shape index (κ3) is 4.55. The van der Waals surface area contributed by atoms with E-state index in [1.54, 1.807) is 0 Å². The van der Waals surface area contributed by atoms with Gasteiger partial charge in [-0.05, 0) is 31.7 Å². The summed E-state index contributed by atoms with van der Waals surface area (Å²) in [6.07, 6.45) is 5.18. The van der Waals surface area contributed by atoms with E-state index in [1.165, 1.54) is 6.20 Å². The van der Waals surface area contributed by atoms with Crippen molar-refractivity contribution in [1.82, 2.24) is 25.2 Å². The lowest BCUT2D eigenvalue weighted by Crippen LogP contribution is -2.51. The van der Waals surface area contributed by atoms with Gasteiger partial charge in [-0.15, -0.1) is 11.3 Å². The van der Waals surface area contributed by atoms with Gasteiger partial charge in [0.1, 0.15) is 28.1 Å². The molecule has 2 bridgehead atoms. The molecule has 6 heterocycles. The van der Waals surface area contributed by atoms with Crippen molar-refractivity contribution in [3.05, 3.63) is 35.3 Å². The molecule has 9 rings (SSSR count). The van der Waals surface area contributed by atoms with Crippen LogP contribution in [0.4, 0.5) is 32.8 Å². The third-order valence-electron chi connectivity index (χ3n) is 10.7. The molecule has 4 atom stereocenters. The molecule has 0 spiro atoms. The summed E-state index contributed by atoms with van der Waals surface area (Å²) >= 11 is 0.712. The summed E-state index contributed by atoms with van der Waals surface area (Å²) in [7, 11) is 0. The topological polar surface area (TPSA) is 116 Å². The van der Waals surface area contributed by atoms with Gasteiger partial charge in [0.2, 0.25) is 0 Å². The summed E-state index contributed by atoms with van der Waals surface area (Å²) in [5, 5.41) is 13.6. The Morgan fingerprint density at radius 1 is 1.06 bits per heavy atom. The molecule has 3 saturated heterocycles. The number of nitrogens with one attached hydrogen (secondary N) is 1. The van der Waals surface area contributed by atoms with E-state index in [4.69, 9.17) is 15.5 Å². The number of ether oxygens (including phenoxy) is 1. The molecule has 5 fully saturated rings. The predicted molar refractivity (Wildman–Crippen MR) is 165 cm³/mol. The van der Waals surface area contributed by atoms with Crippen LogP contribution in [0.5, 0.6) is 6.01 Å². The molecule has 3 N–H and O–H groups in total. The molecule has 2 saturated carbocycles. The van der Waals surface area contributed by atoms with E-state index >= 15 is 4.39 Å². The zero-order valence-electron chi connectivity index (χ0n) is 25.0. The van der Waals surface area contributed by atoms with E-state index in [9.17, 15) is 22.8 Å². The number of anilines is 2. The number of pyridine rings is 1. The number of likely N-dealkylation sites (tertiary alicyclic amines) is 1. The van der Waals surface area contributed by atoms with Crippen LogP contribution >= 0.6 is 11.3 Å². The van der Waals surface area contributed by atoms with Crippen LogP contribution in [0.1, 0.15) is 31.2 Å². The first-order valence-electron chi connectivity index (χ1n) is 15.8. The Kier molecular flexibility index (Phi) is 6.27. The molecule has 15 heteroatoms. The fraction of sp³-hybridized carbons (Fsp3) is 0.500. The number of hydrogen-bond donors (Lipinski definition) is 2. The van der Waals surface area contributed by atoms with Gasteiger partial charge in [-0.2, -0.15) is 15.2 Å². The Balaban J connectivity index is 1.10. The van der Waals surface area contributed by atoms with Gasteiger partial charge in [-0.1, -0.05) is 0 Å². The normalized spacial score (nSPS) is 26.9. The van der Waals surface area contributed by atoms with Crippen molar-refractivity contribution < 1.29 is 26.7 Å². The first kappa shape index (κ1) is 29.3. The summed E-state index contributed by atoms with van der Waals surface area (Å²) in [5.41, 5.74) is 5.13. The minimum absolute atomic E-state index is 0.0166. The number of nitriles is 1. The Morgan fingerprint density at radius 3 is 2.47 bits per heavy atom. The Bertz CT molecular complexity index is 2000. The number of nitrogens with two attached hydrogens (primary N) is 1. The molecule has 244 valence electrons. The van der Waals surface area contributed by atoms with Crippen LogP contribution in [-0.2, 0) is 0 Å². The number of rotatable bonds is 7. The maximum Gasteiger partial charge on any atom is 0.319 e. The summed E-state index contributed by atoms with van der Waals surface area (Å²) in [6.45, 7) is 2.92. The second-order valence-corrected chi connectivity index (χ2v) is 14.9. The number of hydrogen-bond acceptors (Lipinski definition) is 10. The van der Waals surface area contributed by atoms with Crippen LogP contribution in [-0.4, -0.2) is 77.2 Å². The van der Waals surface area contributed by atoms with Crippen molar-refractivity contribution in [1.29, 1.82) is 5.26 Å². The second kappa shape index (κ2) is 10.1.